The third-order valence-corrected chi connectivity index (χ3v) is 7.11. The van der Waals surface area contributed by atoms with Crippen molar-refractivity contribution in [2.45, 2.75) is 50.9 Å². The van der Waals surface area contributed by atoms with Crippen LogP contribution in [0.1, 0.15) is 38.5 Å². The van der Waals surface area contributed by atoms with Gasteiger partial charge in [0.2, 0.25) is 0 Å². The van der Waals surface area contributed by atoms with Crippen molar-refractivity contribution in [3.05, 3.63) is 59.7 Å². The zero-order valence-electron chi connectivity index (χ0n) is 20.4. The van der Waals surface area contributed by atoms with Crippen LogP contribution in [0.3, 0.4) is 0 Å². The first kappa shape index (κ1) is 24.3. The van der Waals surface area contributed by atoms with Gasteiger partial charge in [-0.05, 0) is 67.9 Å². The number of ether oxygens (including phenoxy) is 2. The molecule has 1 N–H and O–H groups in total. The summed E-state index contributed by atoms with van der Waals surface area (Å²) < 4.78 is 10.6. The lowest BCUT2D eigenvalue weighted by Gasteiger charge is -2.26. The standard InChI is InChI=1S/C27H31N3O6/c1-34-21-10-8-20(9-11-21)30-25(32)17-29(27(30)33)23-13-7-19-16-18(5-12-22(19)23)6-14-24(31)28-36-26-4-2-3-15-35-26/h5-6,8-12,14,18,23,26H,2-4,7,13,15-17H2,1H3,(H,28,31)/b14-6+. The van der Waals surface area contributed by atoms with Crippen LogP contribution < -0.4 is 15.1 Å². The van der Waals surface area contributed by atoms with Crippen LogP contribution in [0.4, 0.5) is 10.5 Å². The average Bonchev–Trinajstić information content (AvgIpc) is 3.46. The minimum Gasteiger partial charge on any atom is -0.497 e. The molecule has 0 saturated carbocycles. The first-order valence-electron chi connectivity index (χ1n) is 12.5. The molecule has 3 unspecified atom stereocenters. The molecule has 0 radical (unpaired) electrons. The lowest BCUT2D eigenvalue weighted by Crippen LogP contribution is -2.39. The molecule has 4 amide bonds. The fraction of sp³-hybridized carbons (Fsp3) is 0.444. The van der Waals surface area contributed by atoms with Crippen LogP contribution in [0.25, 0.3) is 0 Å². The van der Waals surface area contributed by atoms with Crippen molar-refractivity contribution in [1.29, 1.82) is 0 Å². The van der Waals surface area contributed by atoms with E-state index >= 15 is 0 Å². The molecule has 3 atom stereocenters. The second-order valence-corrected chi connectivity index (χ2v) is 9.42. The van der Waals surface area contributed by atoms with Gasteiger partial charge in [0.25, 0.3) is 11.8 Å². The number of anilines is 1. The summed E-state index contributed by atoms with van der Waals surface area (Å²) in [5.74, 6) is 0.207. The first-order valence-corrected chi connectivity index (χ1v) is 12.5. The Bertz CT molecular complexity index is 1100. The summed E-state index contributed by atoms with van der Waals surface area (Å²) in [4.78, 5) is 46.4. The van der Waals surface area contributed by atoms with Gasteiger partial charge in [-0.15, -0.1) is 0 Å². The fourth-order valence-electron chi connectivity index (χ4n) is 5.25. The van der Waals surface area contributed by atoms with Crippen molar-refractivity contribution in [3.8, 4) is 5.75 Å². The summed E-state index contributed by atoms with van der Waals surface area (Å²) >= 11 is 0. The molecule has 190 valence electrons. The molecule has 2 heterocycles. The Morgan fingerprint density at radius 1 is 1.17 bits per heavy atom. The molecular weight excluding hydrogens is 462 g/mol. The third kappa shape index (κ3) is 5.08. The summed E-state index contributed by atoms with van der Waals surface area (Å²) in [7, 11) is 1.57. The molecular formula is C27H31N3O6. The van der Waals surface area contributed by atoms with E-state index in [9.17, 15) is 14.4 Å². The Balaban J connectivity index is 1.18. The van der Waals surface area contributed by atoms with E-state index in [4.69, 9.17) is 14.3 Å². The Morgan fingerprint density at radius 2 is 2.00 bits per heavy atom. The number of hydrogen-bond acceptors (Lipinski definition) is 6. The van der Waals surface area contributed by atoms with Crippen LogP contribution in [0.15, 0.2) is 59.7 Å². The number of rotatable bonds is 7. The van der Waals surface area contributed by atoms with Gasteiger partial charge in [0, 0.05) is 19.1 Å². The van der Waals surface area contributed by atoms with E-state index in [2.05, 4.69) is 11.6 Å². The van der Waals surface area contributed by atoms with Gasteiger partial charge in [-0.25, -0.2) is 20.0 Å². The highest BCUT2D eigenvalue weighted by Gasteiger charge is 2.43. The van der Waals surface area contributed by atoms with Gasteiger partial charge >= 0.3 is 6.03 Å². The normalized spacial score (nSPS) is 26.2. The number of carbonyl (C=O) groups is 3. The van der Waals surface area contributed by atoms with E-state index in [0.29, 0.717) is 18.0 Å². The molecule has 2 aliphatic carbocycles. The lowest BCUT2D eigenvalue weighted by atomic mass is 9.90. The number of allylic oxidation sites excluding steroid dienone is 3. The zero-order valence-corrected chi connectivity index (χ0v) is 20.4. The van der Waals surface area contributed by atoms with Gasteiger partial charge < -0.3 is 14.4 Å². The second kappa shape index (κ2) is 10.7. The zero-order chi connectivity index (χ0) is 25.1. The van der Waals surface area contributed by atoms with Crippen molar-refractivity contribution < 1.29 is 28.7 Å². The molecule has 4 aliphatic rings. The number of methoxy groups -OCH3 is 1. The third-order valence-electron chi connectivity index (χ3n) is 7.11. The maximum absolute atomic E-state index is 13.2. The number of nitrogens with zero attached hydrogens (tertiary/aromatic N) is 2. The van der Waals surface area contributed by atoms with Crippen LogP contribution in [-0.4, -0.2) is 55.3 Å². The van der Waals surface area contributed by atoms with Crippen molar-refractivity contribution >= 4 is 23.5 Å². The van der Waals surface area contributed by atoms with Gasteiger partial charge in [-0.2, -0.15) is 0 Å². The largest absolute Gasteiger partial charge is 0.497 e. The summed E-state index contributed by atoms with van der Waals surface area (Å²) in [5.41, 5.74) is 5.37. The number of nitrogens with one attached hydrogen (secondary N) is 1. The molecule has 36 heavy (non-hydrogen) atoms. The van der Waals surface area contributed by atoms with E-state index in [1.54, 1.807) is 36.3 Å². The van der Waals surface area contributed by atoms with Crippen molar-refractivity contribution in [1.82, 2.24) is 10.4 Å². The molecule has 1 aromatic rings. The van der Waals surface area contributed by atoms with Crippen LogP contribution in [-0.2, 0) is 19.2 Å². The first-order chi connectivity index (χ1) is 17.5. The molecule has 9 heteroatoms. The number of benzene rings is 1. The number of imide groups is 1. The molecule has 9 nitrogen and oxygen atoms in total. The Hall–Kier alpha value is -3.43. The predicted molar refractivity (Wildman–Crippen MR) is 132 cm³/mol. The number of hydrogen-bond donors (Lipinski definition) is 1. The average molecular weight is 494 g/mol. The van der Waals surface area contributed by atoms with E-state index in [0.717, 1.165) is 44.1 Å². The van der Waals surface area contributed by atoms with E-state index < -0.39 is 0 Å². The fourth-order valence-corrected chi connectivity index (χ4v) is 5.25. The van der Waals surface area contributed by atoms with Gasteiger partial charge in [-0.3, -0.25) is 9.59 Å². The molecule has 0 bridgehead atoms. The quantitative estimate of drug-likeness (QED) is 0.354. The summed E-state index contributed by atoms with van der Waals surface area (Å²) in [6, 6.07) is 6.51. The lowest BCUT2D eigenvalue weighted by molar-refractivity contribution is -0.198. The molecule has 1 aromatic carbocycles. The minimum absolute atomic E-state index is 0.0638. The maximum Gasteiger partial charge on any atom is 0.332 e. The predicted octanol–water partition coefficient (Wildman–Crippen LogP) is 3.63. The summed E-state index contributed by atoms with van der Waals surface area (Å²) in [6.45, 7) is 0.715. The monoisotopic (exact) mass is 493 g/mol. The highest BCUT2D eigenvalue weighted by Crippen LogP contribution is 2.40. The van der Waals surface area contributed by atoms with Crippen molar-refractivity contribution in [2.24, 2.45) is 5.92 Å². The van der Waals surface area contributed by atoms with Crippen LogP contribution in [0, 0.1) is 5.92 Å². The molecule has 2 saturated heterocycles. The van der Waals surface area contributed by atoms with Crippen LogP contribution in [0.2, 0.25) is 0 Å². The topological polar surface area (TPSA) is 97.4 Å². The van der Waals surface area contributed by atoms with Crippen LogP contribution >= 0.6 is 0 Å². The number of urea groups is 1. The molecule has 0 aromatic heterocycles. The van der Waals surface area contributed by atoms with Crippen LogP contribution in [0.5, 0.6) is 5.75 Å². The SMILES string of the molecule is COc1ccc(N2C(=O)CN(C3CCC4=C3C=CC(/C=C/C(=O)NOC3CCCCO3)C4)C2=O)cc1. The number of carbonyl (C=O) groups excluding carboxylic acids is 3. The maximum atomic E-state index is 13.2. The van der Waals surface area contributed by atoms with Gasteiger partial charge in [0.05, 0.1) is 18.8 Å². The molecule has 2 fully saturated rings. The molecule has 0 spiro atoms. The minimum atomic E-state index is -0.380. The number of hydroxylamine groups is 1. The Labute approximate surface area is 210 Å². The smallest absolute Gasteiger partial charge is 0.332 e. The summed E-state index contributed by atoms with van der Waals surface area (Å²) in [6.07, 6.45) is 12.3. The highest BCUT2D eigenvalue weighted by atomic mass is 16.8. The second-order valence-electron chi connectivity index (χ2n) is 9.42. The van der Waals surface area contributed by atoms with Crippen molar-refractivity contribution in [2.75, 3.05) is 25.2 Å². The Kier molecular flexibility index (Phi) is 7.20. The van der Waals surface area contributed by atoms with E-state index in [-0.39, 0.29) is 42.6 Å². The van der Waals surface area contributed by atoms with Crippen molar-refractivity contribution in [3.63, 3.8) is 0 Å². The Morgan fingerprint density at radius 3 is 2.75 bits per heavy atom. The van der Waals surface area contributed by atoms with Gasteiger partial charge in [0.1, 0.15) is 12.3 Å². The number of amides is 4. The highest BCUT2D eigenvalue weighted by molar-refractivity contribution is 6.20. The van der Waals surface area contributed by atoms with E-state index in [1.807, 2.05) is 12.2 Å². The molecule has 5 rings (SSSR count). The van der Waals surface area contributed by atoms with Gasteiger partial charge in [-0.1, -0.05) is 23.8 Å². The van der Waals surface area contributed by atoms with E-state index in [1.165, 1.54) is 16.5 Å². The van der Waals surface area contributed by atoms with Gasteiger partial charge in [0.15, 0.2) is 6.29 Å². The summed E-state index contributed by atoms with van der Waals surface area (Å²) in [5, 5.41) is 0. The molecule has 2 aliphatic heterocycles.